The zero-order chi connectivity index (χ0) is 12.7. The van der Waals surface area contributed by atoms with E-state index in [1.165, 1.54) is 0 Å². The van der Waals surface area contributed by atoms with Crippen molar-refractivity contribution in [2.45, 2.75) is 10.3 Å². The van der Waals surface area contributed by atoms with Crippen LogP contribution in [0.2, 0.25) is 0 Å². The van der Waals surface area contributed by atoms with Crippen molar-refractivity contribution in [2.24, 2.45) is 5.92 Å². The summed E-state index contributed by atoms with van der Waals surface area (Å²) >= 11 is 7.84. The van der Waals surface area contributed by atoms with Gasteiger partial charge in [0.2, 0.25) is 0 Å². The number of methoxy groups -OCH3 is 1. The number of halogens is 1. The van der Waals surface area contributed by atoms with Crippen molar-refractivity contribution < 1.29 is 9.53 Å². The van der Waals surface area contributed by atoms with E-state index in [1.54, 1.807) is 18.9 Å². The molecule has 4 heteroatoms. The summed E-state index contributed by atoms with van der Waals surface area (Å²) in [4.78, 5) is 14.4. The van der Waals surface area contributed by atoms with Gasteiger partial charge < -0.3 is 4.74 Å². The minimum atomic E-state index is -0.313. The highest BCUT2D eigenvalue weighted by Gasteiger charge is 2.39. The van der Waals surface area contributed by atoms with Crippen molar-refractivity contribution in [2.75, 3.05) is 7.11 Å². The Morgan fingerprint density at radius 2 is 2.11 bits per heavy atom. The fraction of sp³-hybridized carbons (Fsp3) is 0.214. The molecule has 0 radical (unpaired) electrons. The van der Waals surface area contributed by atoms with E-state index in [-0.39, 0.29) is 17.1 Å². The van der Waals surface area contributed by atoms with Crippen molar-refractivity contribution in [3.05, 3.63) is 52.6 Å². The Bertz CT molecular complexity index is 577. The number of alkyl halides is 1. The second kappa shape index (κ2) is 4.48. The van der Waals surface area contributed by atoms with E-state index < -0.39 is 0 Å². The van der Waals surface area contributed by atoms with Gasteiger partial charge in [-0.1, -0.05) is 36.0 Å². The van der Waals surface area contributed by atoms with Crippen LogP contribution >= 0.6 is 23.4 Å². The third-order valence-corrected chi connectivity index (χ3v) is 4.80. The lowest BCUT2D eigenvalue weighted by atomic mass is 9.90. The highest BCUT2D eigenvalue weighted by Crippen LogP contribution is 2.47. The largest absolute Gasteiger partial charge is 0.496 e. The molecule has 2 atom stereocenters. The van der Waals surface area contributed by atoms with Crippen LogP contribution in [-0.2, 0) is 4.74 Å². The summed E-state index contributed by atoms with van der Waals surface area (Å²) in [7, 11) is 1.61. The Kier molecular flexibility index (Phi) is 2.96. The number of carbonyl (C=O) groups is 1. The van der Waals surface area contributed by atoms with Gasteiger partial charge in [0.25, 0.3) is 0 Å². The van der Waals surface area contributed by atoms with Crippen LogP contribution in [0.1, 0.15) is 10.4 Å². The van der Waals surface area contributed by atoms with Crippen LogP contribution in [0.4, 0.5) is 0 Å². The van der Waals surface area contributed by atoms with E-state index in [0.717, 1.165) is 21.1 Å². The van der Waals surface area contributed by atoms with Crippen molar-refractivity contribution in [1.82, 2.24) is 0 Å². The smallest absolute Gasteiger partial charge is 0.173 e. The van der Waals surface area contributed by atoms with E-state index in [2.05, 4.69) is 0 Å². The molecule has 0 saturated carbocycles. The van der Waals surface area contributed by atoms with E-state index in [0.29, 0.717) is 0 Å². The molecule has 0 aromatic heterocycles. The van der Waals surface area contributed by atoms with Crippen LogP contribution in [-0.4, -0.2) is 18.3 Å². The number of hydrogen-bond donors (Lipinski definition) is 0. The van der Waals surface area contributed by atoms with Gasteiger partial charge in [-0.3, -0.25) is 4.79 Å². The molecule has 92 valence electrons. The molecule has 1 aliphatic carbocycles. The quantitative estimate of drug-likeness (QED) is 0.734. The number of rotatable bonds is 1. The van der Waals surface area contributed by atoms with Gasteiger partial charge in [-0.25, -0.2) is 0 Å². The van der Waals surface area contributed by atoms with Crippen molar-refractivity contribution in [1.29, 1.82) is 0 Å². The van der Waals surface area contributed by atoms with E-state index in [1.807, 2.05) is 36.4 Å². The van der Waals surface area contributed by atoms with E-state index in [9.17, 15) is 4.79 Å². The maximum absolute atomic E-state index is 12.5. The molecule has 0 fully saturated rings. The van der Waals surface area contributed by atoms with Crippen molar-refractivity contribution in [3.63, 3.8) is 0 Å². The molecule has 2 unspecified atom stereocenters. The Morgan fingerprint density at radius 3 is 2.89 bits per heavy atom. The van der Waals surface area contributed by atoms with Crippen molar-refractivity contribution in [3.8, 4) is 0 Å². The first-order chi connectivity index (χ1) is 8.72. The van der Waals surface area contributed by atoms with Crippen LogP contribution < -0.4 is 0 Å². The zero-order valence-electron chi connectivity index (χ0n) is 9.72. The summed E-state index contributed by atoms with van der Waals surface area (Å²) in [5.74, 6) is 0.509. The molecule has 1 aromatic carbocycles. The van der Waals surface area contributed by atoms with E-state index >= 15 is 0 Å². The molecule has 18 heavy (non-hydrogen) atoms. The fourth-order valence-corrected chi connectivity index (χ4v) is 3.94. The number of benzene rings is 1. The van der Waals surface area contributed by atoms with Crippen LogP contribution in [0.3, 0.4) is 0 Å². The van der Waals surface area contributed by atoms with Gasteiger partial charge in [-0.2, -0.15) is 0 Å². The molecular formula is C14H11ClO2S. The molecule has 0 amide bonds. The molecule has 0 saturated heterocycles. The molecule has 0 spiro atoms. The molecule has 1 aliphatic heterocycles. The topological polar surface area (TPSA) is 26.3 Å². The van der Waals surface area contributed by atoms with Gasteiger partial charge in [0.1, 0.15) is 5.76 Å². The van der Waals surface area contributed by atoms with Gasteiger partial charge in [-0.15, -0.1) is 11.6 Å². The fourth-order valence-electron chi connectivity index (χ4n) is 2.26. The summed E-state index contributed by atoms with van der Waals surface area (Å²) in [6.45, 7) is 0. The van der Waals surface area contributed by atoms with Crippen molar-refractivity contribution >= 4 is 29.1 Å². The predicted molar refractivity (Wildman–Crippen MR) is 72.9 cm³/mol. The number of carbonyl (C=O) groups excluding carboxylic acids is 1. The molecule has 3 rings (SSSR count). The minimum Gasteiger partial charge on any atom is -0.496 e. The first kappa shape index (κ1) is 11.9. The molecule has 0 N–H and O–H groups in total. The Labute approximate surface area is 115 Å². The maximum Gasteiger partial charge on any atom is 0.173 e. The standard InChI is InChI=1S/C14H11ClO2S/c1-17-10-7-6-9(15)12-13(16)8-4-2-3-5-11(8)18-14(10)12/h2-7,9,12H,1H3. The Hall–Kier alpha value is -1.19. The number of ether oxygens (including phenoxy) is 1. The number of allylic oxidation sites excluding steroid dienone is 3. The molecular weight excluding hydrogens is 268 g/mol. The molecule has 2 aliphatic rings. The van der Waals surface area contributed by atoms with E-state index in [4.69, 9.17) is 16.3 Å². The molecule has 2 nitrogen and oxygen atoms in total. The van der Waals surface area contributed by atoms with Gasteiger partial charge >= 0.3 is 0 Å². The number of ketones is 1. The highest BCUT2D eigenvalue weighted by molar-refractivity contribution is 8.03. The van der Waals surface area contributed by atoms with Gasteiger partial charge in [0.15, 0.2) is 5.78 Å². The van der Waals surface area contributed by atoms with Crippen LogP contribution in [0.15, 0.2) is 52.0 Å². The van der Waals surface area contributed by atoms with Gasteiger partial charge in [-0.05, 0) is 12.1 Å². The highest BCUT2D eigenvalue weighted by atomic mass is 35.5. The third-order valence-electron chi connectivity index (χ3n) is 3.15. The molecule has 1 aromatic rings. The van der Waals surface area contributed by atoms with Crippen LogP contribution in [0.5, 0.6) is 0 Å². The summed E-state index contributed by atoms with van der Waals surface area (Å²) in [5, 5.41) is -0.299. The maximum atomic E-state index is 12.5. The number of thioether (sulfide) groups is 1. The number of Topliss-reactive ketones (excluding diaryl/α,β-unsaturated/α-hetero) is 1. The molecule has 0 bridgehead atoms. The summed E-state index contributed by atoms with van der Waals surface area (Å²) < 4.78 is 5.33. The van der Waals surface area contributed by atoms with Gasteiger partial charge in [0.05, 0.1) is 18.4 Å². The lowest BCUT2D eigenvalue weighted by molar-refractivity contribution is 0.0937. The second-order valence-corrected chi connectivity index (χ2v) is 5.76. The first-order valence-corrected chi connectivity index (χ1v) is 6.89. The summed E-state index contributed by atoms with van der Waals surface area (Å²) in [6.07, 6.45) is 3.67. The zero-order valence-corrected chi connectivity index (χ0v) is 11.3. The lowest BCUT2D eigenvalue weighted by Crippen LogP contribution is -2.30. The predicted octanol–water partition coefficient (Wildman–Crippen LogP) is 3.63. The third kappa shape index (κ3) is 1.70. The monoisotopic (exact) mass is 278 g/mol. The van der Waals surface area contributed by atoms with Gasteiger partial charge in [0, 0.05) is 15.4 Å². The first-order valence-electron chi connectivity index (χ1n) is 5.64. The summed E-state index contributed by atoms with van der Waals surface area (Å²) in [6, 6.07) is 7.63. The number of fused-ring (bicyclic) bond motifs is 2. The SMILES string of the molecule is COC1=C2Sc3ccccc3C(=O)C2C(Cl)C=C1. The second-order valence-electron chi connectivity index (χ2n) is 4.18. The lowest BCUT2D eigenvalue weighted by Gasteiger charge is -2.31. The Balaban J connectivity index is 2.17. The van der Waals surface area contributed by atoms with Crippen LogP contribution in [0, 0.1) is 5.92 Å². The van der Waals surface area contributed by atoms with Crippen LogP contribution in [0.25, 0.3) is 0 Å². The minimum absolute atomic E-state index is 0.0817. The average molecular weight is 279 g/mol. The average Bonchev–Trinajstić information content (AvgIpc) is 2.39. The normalized spacial score (nSPS) is 25.8. The summed E-state index contributed by atoms with van der Waals surface area (Å²) in [5.41, 5.74) is 0.757. The Morgan fingerprint density at radius 1 is 1.33 bits per heavy atom. The molecule has 1 heterocycles. The number of hydrogen-bond acceptors (Lipinski definition) is 3.